The number of hydrogen-bond donors (Lipinski definition) is 4. The summed E-state index contributed by atoms with van der Waals surface area (Å²) in [6.45, 7) is 4.20. The maximum absolute atomic E-state index is 13.1. The molecule has 3 aromatic rings. The molecule has 0 aliphatic carbocycles. The summed E-state index contributed by atoms with van der Waals surface area (Å²) in [4.78, 5) is 20.0. The van der Waals surface area contributed by atoms with Gasteiger partial charge in [0.2, 0.25) is 0 Å². The number of pyridine rings is 1. The summed E-state index contributed by atoms with van der Waals surface area (Å²) < 4.78 is 13.1. The summed E-state index contributed by atoms with van der Waals surface area (Å²) in [5.41, 5.74) is 14.0. The number of nitrogens with zero attached hydrogens (tertiary/aromatic N) is 2. The minimum Gasteiger partial charge on any atom is -0.397 e. The zero-order valence-corrected chi connectivity index (χ0v) is 19.5. The molecule has 0 radical (unpaired) electrons. The summed E-state index contributed by atoms with van der Waals surface area (Å²) in [5.74, 6) is 0.0680. The monoisotopic (exact) mass is 487 g/mol. The third kappa shape index (κ3) is 5.48. The SMILES string of the molecule is C.CCCc1cc(N2CCC(NCC(O)c3ccc(F)cc3)CC2)nc2sc(C(N)=O)c(N)c12. The van der Waals surface area contributed by atoms with Crippen molar-refractivity contribution < 1.29 is 14.3 Å². The number of carbonyl (C=O) groups excluding carboxylic acids is 1. The summed E-state index contributed by atoms with van der Waals surface area (Å²) in [6, 6.07) is 8.32. The standard InChI is InChI=1S/C24H30FN5O2S.CH4/c1-2-3-15-12-19(29-24-20(15)21(26)22(33-24)23(27)32)30-10-8-17(9-11-30)28-13-18(31)14-4-6-16(25)7-5-14;/h4-7,12,17-18,28,31H,2-3,8-11,13,26H2,1H3,(H2,27,32);1H4. The Hall–Kier alpha value is -2.75. The van der Waals surface area contributed by atoms with E-state index in [4.69, 9.17) is 16.5 Å². The molecule has 184 valence electrons. The second-order valence-electron chi connectivity index (χ2n) is 8.52. The van der Waals surface area contributed by atoms with E-state index in [9.17, 15) is 14.3 Å². The van der Waals surface area contributed by atoms with Crippen molar-refractivity contribution in [2.75, 3.05) is 30.3 Å². The van der Waals surface area contributed by atoms with Crippen molar-refractivity contribution in [2.24, 2.45) is 5.73 Å². The molecule has 1 aromatic carbocycles. The van der Waals surface area contributed by atoms with Gasteiger partial charge in [-0.3, -0.25) is 4.79 Å². The van der Waals surface area contributed by atoms with Gasteiger partial charge in [-0.2, -0.15) is 0 Å². The summed E-state index contributed by atoms with van der Waals surface area (Å²) in [6.07, 6.45) is 2.97. The minimum absolute atomic E-state index is 0. The van der Waals surface area contributed by atoms with Crippen LogP contribution in [0, 0.1) is 5.82 Å². The number of benzene rings is 1. The van der Waals surface area contributed by atoms with Crippen LogP contribution in [0.15, 0.2) is 30.3 Å². The first-order valence-corrected chi connectivity index (χ1v) is 12.1. The van der Waals surface area contributed by atoms with Crippen molar-refractivity contribution in [3.05, 3.63) is 52.2 Å². The number of halogens is 1. The van der Waals surface area contributed by atoms with Crippen molar-refractivity contribution in [1.82, 2.24) is 10.3 Å². The van der Waals surface area contributed by atoms with Crippen LogP contribution in [0.1, 0.15) is 60.5 Å². The first-order chi connectivity index (χ1) is 15.9. The Balaban J connectivity index is 0.00000324. The molecule has 0 spiro atoms. The van der Waals surface area contributed by atoms with Gasteiger partial charge in [0, 0.05) is 31.1 Å². The number of fused-ring (bicyclic) bond motifs is 1. The smallest absolute Gasteiger partial charge is 0.260 e. The van der Waals surface area contributed by atoms with E-state index in [0.29, 0.717) is 22.7 Å². The molecule has 1 fully saturated rings. The van der Waals surface area contributed by atoms with Crippen molar-refractivity contribution in [1.29, 1.82) is 0 Å². The van der Waals surface area contributed by atoms with E-state index >= 15 is 0 Å². The van der Waals surface area contributed by atoms with Gasteiger partial charge in [-0.05, 0) is 48.6 Å². The lowest BCUT2D eigenvalue weighted by atomic mass is 10.0. The molecule has 7 nitrogen and oxygen atoms in total. The van der Waals surface area contributed by atoms with Gasteiger partial charge in [-0.1, -0.05) is 32.9 Å². The number of rotatable bonds is 8. The normalized spacial score (nSPS) is 15.3. The molecule has 0 bridgehead atoms. The molecule has 1 saturated heterocycles. The Morgan fingerprint density at radius 2 is 2.00 bits per heavy atom. The lowest BCUT2D eigenvalue weighted by Crippen LogP contribution is -2.44. The number of amides is 1. The molecule has 4 rings (SSSR count). The third-order valence-electron chi connectivity index (χ3n) is 6.18. The molecule has 34 heavy (non-hydrogen) atoms. The van der Waals surface area contributed by atoms with Crippen LogP contribution in [0.3, 0.4) is 0 Å². The second kappa shape index (κ2) is 11.1. The quantitative estimate of drug-likeness (QED) is 0.382. The zero-order chi connectivity index (χ0) is 23.5. The number of aromatic nitrogens is 1. The Morgan fingerprint density at radius 1 is 1.32 bits per heavy atom. The maximum atomic E-state index is 13.1. The molecular formula is C25H34FN5O2S. The van der Waals surface area contributed by atoms with E-state index < -0.39 is 12.0 Å². The number of piperidine rings is 1. The Morgan fingerprint density at radius 3 is 2.62 bits per heavy atom. The number of nitrogen functional groups attached to an aromatic ring is 1. The molecule has 0 saturated carbocycles. The lowest BCUT2D eigenvalue weighted by molar-refractivity contribution is 0.100. The van der Waals surface area contributed by atoms with E-state index in [2.05, 4.69) is 23.2 Å². The average Bonchev–Trinajstić information content (AvgIpc) is 3.15. The molecule has 3 heterocycles. The molecule has 6 N–H and O–H groups in total. The van der Waals surface area contributed by atoms with Crippen LogP contribution in [-0.2, 0) is 6.42 Å². The van der Waals surface area contributed by atoms with Crippen LogP contribution >= 0.6 is 11.3 Å². The number of aryl methyl sites for hydroxylation is 1. The van der Waals surface area contributed by atoms with Gasteiger partial charge < -0.3 is 26.8 Å². The third-order valence-corrected chi connectivity index (χ3v) is 7.30. The maximum Gasteiger partial charge on any atom is 0.260 e. The van der Waals surface area contributed by atoms with E-state index in [1.165, 1.54) is 23.5 Å². The molecule has 2 aromatic heterocycles. The topological polar surface area (TPSA) is 117 Å². The fraction of sp³-hybridized carbons (Fsp3) is 0.440. The Bertz CT molecular complexity index is 1130. The Labute approximate surface area is 204 Å². The van der Waals surface area contributed by atoms with Gasteiger partial charge in [0.15, 0.2) is 0 Å². The van der Waals surface area contributed by atoms with Gasteiger partial charge in [0.05, 0.1) is 11.8 Å². The van der Waals surface area contributed by atoms with Crippen LogP contribution < -0.4 is 21.7 Å². The van der Waals surface area contributed by atoms with E-state index in [1.54, 1.807) is 12.1 Å². The molecule has 1 unspecified atom stereocenters. The highest BCUT2D eigenvalue weighted by Gasteiger charge is 2.24. The molecular weight excluding hydrogens is 453 g/mol. The first-order valence-electron chi connectivity index (χ1n) is 11.3. The lowest BCUT2D eigenvalue weighted by Gasteiger charge is -2.34. The van der Waals surface area contributed by atoms with Gasteiger partial charge in [-0.25, -0.2) is 9.37 Å². The molecule has 1 amide bonds. The second-order valence-corrected chi connectivity index (χ2v) is 9.51. The van der Waals surface area contributed by atoms with Crippen LogP contribution in [0.2, 0.25) is 0 Å². The summed E-state index contributed by atoms with van der Waals surface area (Å²) >= 11 is 1.26. The van der Waals surface area contributed by atoms with Crippen LogP contribution in [0.25, 0.3) is 10.2 Å². The van der Waals surface area contributed by atoms with E-state index in [0.717, 1.165) is 60.4 Å². The van der Waals surface area contributed by atoms with Crippen LogP contribution in [-0.4, -0.2) is 41.7 Å². The van der Waals surface area contributed by atoms with Crippen molar-refractivity contribution in [2.45, 2.75) is 52.2 Å². The number of aliphatic hydroxyl groups is 1. The van der Waals surface area contributed by atoms with Crippen molar-refractivity contribution in [3.8, 4) is 0 Å². The molecule has 1 aliphatic rings. The largest absolute Gasteiger partial charge is 0.397 e. The zero-order valence-electron chi connectivity index (χ0n) is 18.7. The predicted molar refractivity (Wildman–Crippen MR) is 138 cm³/mol. The number of aliphatic hydroxyl groups excluding tert-OH is 1. The average molecular weight is 488 g/mol. The highest BCUT2D eigenvalue weighted by molar-refractivity contribution is 7.21. The highest BCUT2D eigenvalue weighted by atomic mass is 32.1. The van der Waals surface area contributed by atoms with Gasteiger partial charge >= 0.3 is 0 Å². The van der Waals surface area contributed by atoms with E-state index in [1.807, 2.05) is 0 Å². The first kappa shape index (κ1) is 25.9. The number of nitrogens with two attached hydrogens (primary N) is 2. The molecule has 1 aliphatic heterocycles. The number of thiophene rings is 1. The number of carbonyl (C=O) groups is 1. The summed E-state index contributed by atoms with van der Waals surface area (Å²) in [5, 5.41) is 14.7. The number of anilines is 2. The Kier molecular flexibility index (Phi) is 8.46. The fourth-order valence-corrected chi connectivity index (χ4v) is 5.38. The van der Waals surface area contributed by atoms with E-state index in [-0.39, 0.29) is 19.3 Å². The summed E-state index contributed by atoms with van der Waals surface area (Å²) in [7, 11) is 0. The van der Waals surface area contributed by atoms with Gasteiger partial charge in [0.25, 0.3) is 5.91 Å². The molecule has 1 atom stereocenters. The number of primary amides is 1. The number of nitrogens with one attached hydrogen (secondary N) is 1. The minimum atomic E-state index is -0.673. The van der Waals surface area contributed by atoms with Gasteiger partial charge in [-0.15, -0.1) is 11.3 Å². The van der Waals surface area contributed by atoms with Crippen molar-refractivity contribution >= 4 is 39.0 Å². The van der Waals surface area contributed by atoms with Crippen molar-refractivity contribution in [3.63, 3.8) is 0 Å². The highest BCUT2D eigenvalue weighted by Crippen LogP contribution is 2.37. The van der Waals surface area contributed by atoms with Crippen LogP contribution in [0.4, 0.5) is 15.9 Å². The number of hydrogen-bond acceptors (Lipinski definition) is 7. The fourth-order valence-electron chi connectivity index (χ4n) is 4.39. The van der Waals surface area contributed by atoms with Crippen LogP contribution in [0.5, 0.6) is 0 Å². The van der Waals surface area contributed by atoms with Gasteiger partial charge in [0.1, 0.15) is 21.3 Å². The molecule has 9 heteroatoms. The predicted octanol–water partition coefficient (Wildman–Crippen LogP) is 4.00.